The Morgan fingerprint density at radius 1 is 1.44 bits per heavy atom. The minimum atomic E-state index is -0.137. The van der Waals surface area contributed by atoms with Crippen LogP contribution in [0, 0.1) is 0 Å². The molecule has 0 aliphatic heterocycles. The summed E-state index contributed by atoms with van der Waals surface area (Å²) in [6.45, 7) is 0.533. The molecule has 0 bridgehead atoms. The second-order valence-corrected chi connectivity index (χ2v) is 4.91. The topological polar surface area (TPSA) is 75.0 Å². The number of nitrogens with one attached hydrogen (secondary N) is 1. The Kier molecular flexibility index (Phi) is 3.66. The van der Waals surface area contributed by atoms with E-state index in [-0.39, 0.29) is 5.91 Å². The summed E-state index contributed by atoms with van der Waals surface area (Å²) < 4.78 is 1.02. The number of hydrogen-bond acceptors (Lipinski definition) is 3. The summed E-state index contributed by atoms with van der Waals surface area (Å²) in [6.07, 6.45) is 0. The van der Waals surface area contributed by atoms with Crippen molar-refractivity contribution in [3.63, 3.8) is 0 Å². The van der Waals surface area contributed by atoms with Crippen LogP contribution in [0.25, 0.3) is 0 Å². The molecule has 1 amide bonds. The van der Waals surface area contributed by atoms with Crippen LogP contribution in [0.2, 0.25) is 0 Å². The number of anilines is 1. The molecule has 3 N–H and O–H groups in total. The Balaban J connectivity index is 2.05. The first kappa shape index (κ1) is 12.6. The fraction of sp³-hybridized carbons (Fsp3) is 0.167. The van der Waals surface area contributed by atoms with E-state index < -0.39 is 0 Å². The average Bonchev–Trinajstić information content (AvgIpc) is 2.78. The van der Waals surface area contributed by atoms with Gasteiger partial charge in [0.25, 0.3) is 5.91 Å². The average molecular weight is 309 g/mol. The third kappa shape index (κ3) is 2.89. The van der Waals surface area contributed by atoms with Gasteiger partial charge < -0.3 is 10.6 Å². The standard InChI is InChI=1S/C12H13BrN4O/c1-17(7-8-2-4-9(13)5-3-8)12(18)10-6-11(14)16-15-10/h2-6H,7H2,1H3,(H3,14,15,16). The van der Waals surface area contributed by atoms with Gasteiger partial charge in [-0.25, -0.2) is 0 Å². The third-order valence-corrected chi connectivity index (χ3v) is 3.04. The number of carbonyl (C=O) groups excluding carboxylic acids is 1. The van der Waals surface area contributed by atoms with Crippen molar-refractivity contribution in [3.05, 3.63) is 46.1 Å². The molecule has 0 fully saturated rings. The highest BCUT2D eigenvalue weighted by Gasteiger charge is 2.14. The molecule has 0 spiro atoms. The molecule has 0 saturated carbocycles. The van der Waals surface area contributed by atoms with Crippen molar-refractivity contribution in [1.82, 2.24) is 15.1 Å². The number of rotatable bonds is 3. The van der Waals surface area contributed by atoms with Crippen LogP contribution < -0.4 is 5.73 Å². The van der Waals surface area contributed by atoms with Gasteiger partial charge in [0.05, 0.1) is 0 Å². The van der Waals surface area contributed by atoms with Crippen LogP contribution >= 0.6 is 15.9 Å². The zero-order valence-electron chi connectivity index (χ0n) is 9.85. The van der Waals surface area contributed by atoms with Crippen LogP contribution in [-0.2, 0) is 6.54 Å². The molecule has 0 atom stereocenters. The zero-order valence-corrected chi connectivity index (χ0v) is 11.4. The number of amides is 1. The summed E-state index contributed by atoms with van der Waals surface area (Å²) in [4.78, 5) is 13.6. The molecule has 2 rings (SSSR count). The minimum Gasteiger partial charge on any atom is -0.382 e. The second-order valence-electron chi connectivity index (χ2n) is 3.99. The largest absolute Gasteiger partial charge is 0.382 e. The van der Waals surface area contributed by atoms with Crippen LogP contribution in [0.15, 0.2) is 34.8 Å². The fourth-order valence-corrected chi connectivity index (χ4v) is 1.85. The highest BCUT2D eigenvalue weighted by atomic mass is 79.9. The first-order valence-electron chi connectivity index (χ1n) is 5.37. The number of aromatic amines is 1. The normalized spacial score (nSPS) is 10.3. The minimum absolute atomic E-state index is 0.137. The van der Waals surface area contributed by atoms with Crippen LogP contribution in [0.1, 0.15) is 16.1 Å². The molecule has 1 aromatic heterocycles. The number of H-pyrrole nitrogens is 1. The maximum absolute atomic E-state index is 12.0. The van der Waals surface area contributed by atoms with E-state index in [9.17, 15) is 4.79 Å². The van der Waals surface area contributed by atoms with Crippen LogP contribution in [-0.4, -0.2) is 28.1 Å². The van der Waals surface area contributed by atoms with Gasteiger partial charge in [-0.15, -0.1) is 0 Å². The molecule has 1 heterocycles. The van der Waals surface area contributed by atoms with Gasteiger partial charge in [-0.05, 0) is 17.7 Å². The molecule has 0 aliphatic carbocycles. The van der Waals surface area contributed by atoms with E-state index in [0.29, 0.717) is 18.1 Å². The number of halogens is 1. The first-order chi connectivity index (χ1) is 8.56. The predicted octanol–water partition coefficient (Wildman–Crippen LogP) is 2.03. The molecule has 2 aromatic rings. The number of benzene rings is 1. The number of hydrogen-bond donors (Lipinski definition) is 2. The number of nitrogens with two attached hydrogens (primary N) is 1. The SMILES string of the molecule is CN(Cc1ccc(Br)cc1)C(=O)c1cc(N)n[nH]1. The molecule has 0 aliphatic rings. The van der Waals surface area contributed by atoms with Crippen molar-refractivity contribution in [2.45, 2.75) is 6.54 Å². The molecule has 6 heteroatoms. The maximum Gasteiger partial charge on any atom is 0.271 e. The van der Waals surface area contributed by atoms with Gasteiger partial charge in [0.1, 0.15) is 11.5 Å². The smallest absolute Gasteiger partial charge is 0.271 e. The second kappa shape index (κ2) is 5.22. The maximum atomic E-state index is 12.0. The number of aromatic nitrogens is 2. The fourth-order valence-electron chi connectivity index (χ4n) is 1.59. The van der Waals surface area contributed by atoms with Crippen molar-refractivity contribution >= 4 is 27.7 Å². The molecule has 0 unspecified atom stereocenters. The van der Waals surface area contributed by atoms with Gasteiger partial charge in [-0.2, -0.15) is 5.10 Å². The van der Waals surface area contributed by atoms with Crippen LogP contribution in [0.4, 0.5) is 5.82 Å². The first-order valence-corrected chi connectivity index (χ1v) is 6.16. The monoisotopic (exact) mass is 308 g/mol. The van der Waals surface area contributed by atoms with Crippen molar-refractivity contribution in [3.8, 4) is 0 Å². The van der Waals surface area contributed by atoms with Gasteiger partial charge in [0.15, 0.2) is 0 Å². The Morgan fingerprint density at radius 2 is 2.11 bits per heavy atom. The van der Waals surface area contributed by atoms with Crippen LogP contribution in [0.3, 0.4) is 0 Å². The van der Waals surface area contributed by atoms with Crippen molar-refractivity contribution < 1.29 is 4.79 Å². The lowest BCUT2D eigenvalue weighted by molar-refractivity contribution is 0.0779. The quantitative estimate of drug-likeness (QED) is 0.911. The summed E-state index contributed by atoms with van der Waals surface area (Å²) in [5, 5.41) is 6.35. The zero-order chi connectivity index (χ0) is 13.1. The van der Waals surface area contributed by atoms with Gasteiger partial charge >= 0.3 is 0 Å². The molecule has 18 heavy (non-hydrogen) atoms. The predicted molar refractivity (Wildman–Crippen MR) is 72.9 cm³/mol. The lowest BCUT2D eigenvalue weighted by Crippen LogP contribution is -2.26. The van der Waals surface area contributed by atoms with Crippen molar-refractivity contribution in [2.24, 2.45) is 0 Å². The Hall–Kier alpha value is -1.82. The molecule has 5 nitrogen and oxygen atoms in total. The highest BCUT2D eigenvalue weighted by Crippen LogP contribution is 2.13. The van der Waals surface area contributed by atoms with Gasteiger partial charge in [-0.1, -0.05) is 28.1 Å². The highest BCUT2D eigenvalue weighted by molar-refractivity contribution is 9.10. The summed E-state index contributed by atoms with van der Waals surface area (Å²) in [5.74, 6) is 0.178. The van der Waals surface area contributed by atoms with E-state index in [1.807, 2.05) is 24.3 Å². The number of nitrogen functional groups attached to an aromatic ring is 1. The molecular weight excluding hydrogens is 296 g/mol. The Bertz CT molecular complexity index is 549. The summed E-state index contributed by atoms with van der Waals surface area (Å²) in [7, 11) is 1.74. The number of carbonyl (C=O) groups is 1. The van der Waals surface area contributed by atoms with E-state index in [2.05, 4.69) is 26.1 Å². The number of nitrogens with zero attached hydrogens (tertiary/aromatic N) is 2. The molecule has 0 saturated heterocycles. The van der Waals surface area contributed by atoms with E-state index >= 15 is 0 Å². The molecule has 94 valence electrons. The van der Waals surface area contributed by atoms with Crippen molar-refractivity contribution in [1.29, 1.82) is 0 Å². The lowest BCUT2D eigenvalue weighted by Gasteiger charge is -2.16. The molecular formula is C12H13BrN4O. The molecule has 1 aromatic carbocycles. The van der Waals surface area contributed by atoms with Crippen molar-refractivity contribution in [2.75, 3.05) is 12.8 Å². The van der Waals surface area contributed by atoms with E-state index in [1.54, 1.807) is 11.9 Å². The summed E-state index contributed by atoms with van der Waals surface area (Å²) in [6, 6.07) is 9.36. The van der Waals surface area contributed by atoms with E-state index in [4.69, 9.17) is 5.73 Å². The van der Waals surface area contributed by atoms with Crippen LogP contribution in [0.5, 0.6) is 0 Å². The lowest BCUT2D eigenvalue weighted by atomic mass is 10.2. The summed E-state index contributed by atoms with van der Waals surface area (Å²) in [5.41, 5.74) is 6.92. The third-order valence-electron chi connectivity index (χ3n) is 2.51. The van der Waals surface area contributed by atoms with Gasteiger partial charge in [0.2, 0.25) is 0 Å². The van der Waals surface area contributed by atoms with E-state index in [1.165, 1.54) is 6.07 Å². The molecule has 0 radical (unpaired) electrons. The van der Waals surface area contributed by atoms with Gasteiger partial charge in [-0.3, -0.25) is 9.89 Å². The van der Waals surface area contributed by atoms with E-state index in [0.717, 1.165) is 10.0 Å². The Labute approximate surface area is 113 Å². The Morgan fingerprint density at radius 3 is 2.67 bits per heavy atom. The summed E-state index contributed by atoms with van der Waals surface area (Å²) >= 11 is 3.37. The van der Waals surface area contributed by atoms with Gasteiger partial charge in [0, 0.05) is 24.1 Å².